The van der Waals surface area contributed by atoms with E-state index >= 15 is 0 Å². The average molecular weight is 1040 g/mol. The first kappa shape index (κ1) is 44.3. The SMILES string of the molecule is CCC(CC)C(=O)/C=C(\O)C(CC)CC.[Ir].[c-]1c2c(cc3ccccc13)Nc1cc3ccccc3c3ccnc-2c13.[c-]1c2c(cc3ccccc13)Nc1cc3ccccc3c3ccnc-2c13. The molecular weight excluding hydrogens is 989 g/mol. The van der Waals surface area contributed by atoms with E-state index in [0.29, 0.717) is 0 Å². The van der Waals surface area contributed by atoms with E-state index in [1.165, 1.54) is 59.9 Å². The molecule has 3 N–H and O–H groups in total. The van der Waals surface area contributed by atoms with Gasteiger partial charge in [0.15, 0.2) is 5.78 Å². The monoisotopic (exact) mass is 1040 g/mol. The van der Waals surface area contributed by atoms with Crippen LogP contribution in [0.2, 0.25) is 0 Å². The number of carbonyl (C=O) groups excluding carboxylic acids is 1. The van der Waals surface area contributed by atoms with Gasteiger partial charge in [-0.05, 0) is 104 Å². The molecule has 0 saturated heterocycles. The second kappa shape index (κ2) is 18.9. The number of benzene rings is 8. The molecule has 0 atom stereocenters. The van der Waals surface area contributed by atoms with Gasteiger partial charge in [-0.25, -0.2) is 0 Å². The summed E-state index contributed by atoms with van der Waals surface area (Å²) in [6.45, 7) is 8.07. The smallest absolute Gasteiger partial charge is 0.162 e. The Labute approximate surface area is 399 Å². The van der Waals surface area contributed by atoms with Crippen LogP contribution in [0.4, 0.5) is 22.7 Å². The Morgan fingerprint density at radius 2 is 0.924 bits per heavy atom. The number of carbonyl (C=O) groups is 1. The van der Waals surface area contributed by atoms with Gasteiger partial charge >= 0.3 is 0 Å². The quantitative estimate of drug-likeness (QED) is 0.0638. The first-order valence-corrected chi connectivity index (χ1v) is 22.9. The molecule has 0 fully saturated rings. The number of fused-ring (bicyclic) bond motifs is 10. The molecule has 4 heterocycles. The van der Waals surface area contributed by atoms with Crippen molar-refractivity contribution in [2.45, 2.75) is 53.4 Å². The molecule has 8 aromatic carbocycles. The van der Waals surface area contributed by atoms with E-state index in [9.17, 15) is 9.90 Å². The maximum Gasteiger partial charge on any atom is 0.162 e. The van der Waals surface area contributed by atoms with Gasteiger partial charge in [0.25, 0.3) is 0 Å². The van der Waals surface area contributed by atoms with Crippen molar-refractivity contribution in [2.24, 2.45) is 11.8 Å². The predicted molar refractivity (Wildman–Crippen MR) is 272 cm³/mol. The summed E-state index contributed by atoms with van der Waals surface area (Å²) in [6, 6.07) is 53.9. The summed E-state index contributed by atoms with van der Waals surface area (Å²) in [5.74, 6) is 0.547. The molecule has 0 spiro atoms. The molecule has 0 bridgehead atoms. The third kappa shape index (κ3) is 8.08. The van der Waals surface area contributed by atoms with Crippen LogP contribution in [0.15, 0.2) is 158 Å². The predicted octanol–water partition coefficient (Wildman–Crippen LogP) is 16.0. The standard InChI is InChI=1S/2C23H13N2.C13H24O2.Ir/c2*1-2-6-15-12-20-19(11-14(15)5-1)23-22-18(9-10-24-23)17-8-4-3-7-16(17)13-21(22)25-20;1-5-10(6-2)12(14)9-13(15)11(7-3)8-4;/h2*1-10,12-13,25H;9-11,14H,5-8H2,1-4H3;/q2*-1;;/b;;12-9-;. The Morgan fingerprint density at radius 1 is 0.530 bits per heavy atom. The number of aliphatic hydroxyl groups is 1. The van der Waals surface area contributed by atoms with Crippen molar-refractivity contribution < 1.29 is 30.0 Å². The summed E-state index contributed by atoms with van der Waals surface area (Å²) in [5.41, 5.74) is 8.50. The van der Waals surface area contributed by atoms with Gasteiger partial charge in [-0.2, -0.15) is 0 Å². The topological polar surface area (TPSA) is 87.1 Å². The molecule has 1 radical (unpaired) electrons. The Hall–Kier alpha value is -6.92. The molecule has 0 unspecified atom stereocenters. The fraction of sp³-hybridized carbons (Fsp3) is 0.169. The Balaban J connectivity index is 0.000000129. The molecule has 12 rings (SSSR count). The van der Waals surface area contributed by atoms with Crippen LogP contribution in [0.5, 0.6) is 0 Å². The third-order valence-corrected chi connectivity index (χ3v) is 13.2. The number of hydrogen-bond donors (Lipinski definition) is 3. The van der Waals surface area contributed by atoms with E-state index in [0.717, 1.165) is 81.7 Å². The largest absolute Gasteiger partial charge is 0.512 e. The molecule has 10 aromatic rings. The van der Waals surface area contributed by atoms with Gasteiger partial charge in [-0.1, -0.05) is 147 Å². The molecule has 2 aliphatic heterocycles. The number of anilines is 4. The number of nitrogens with one attached hydrogen (secondary N) is 2. The molecular formula is C59H50IrN4O2-2. The van der Waals surface area contributed by atoms with Crippen LogP contribution in [0.1, 0.15) is 53.4 Å². The van der Waals surface area contributed by atoms with Gasteiger partial charge in [-0.3, -0.25) is 14.8 Å². The number of hydrogen-bond acceptors (Lipinski definition) is 6. The number of pyridine rings is 2. The minimum atomic E-state index is 0. The Morgan fingerprint density at radius 3 is 1.36 bits per heavy atom. The van der Waals surface area contributed by atoms with Crippen LogP contribution < -0.4 is 10.6 Å². The maximum atomic E-state index is 11.7. The summed E-state index contributed by atoms with van der Waals surface area (Å²) in [4.78, 5) is 21.2. The van der Waals surface area contributed by atoms with Crippen LogP contribution in [-0.4, -0.2) is 20.9 Å². The minimum Gasteiger partial charge on any atom is -0.512 e. The van der Waals surface area contributed by atoms with Crippen molar-refractivity contribution in [2.75, 3.05) is 10.6 Å². The van der Waals surface area contributed by atoms with Crippen LogP contribution in [0, 0.1) is 24.0 Å². The van der Waals surface area contributed by atoms with Gasteiger partial charge in [-0.15, -0.1) is 35.0 Å². The molecule has 7 heteroatoms. The van der Waals surface area contributed by atoms with Crippen molar-refractivity contribution in [3.05, 3.63) is 170 Å². The maximum absolute atomic E-state index is 11.7. The van der Waals surface area contributed by atoms with Crippen molar-refractivity contribution in [3.63, 3.8) is 0 Å². The second-order valence-corrected chi connectivity index (χ2v) is 17.0. The number of allylic oxidation sites excluding steroid dienone is 2. The van der Waals surface area contributed by atoms with Crippen LogP contribution in [0.25, 0.3) is 87.1 Å². The van der Waals surface area contributed by atoms with Gasteiger partial charge in [0.2, 0.25) is 0 Å². The molecule has 0 amide bonds. The van der Waals surface area contributed by atoms with Crippen LogP contribution >= 0.6 is 0 Å². The number of aromatic nitrogens is 2. The fourth-order valence-corrected chi connectivity index (χ4v) is 9.66. The average Bonchev–Trinajstić information content (AvgIpc) is 3.34. The summed E-state index contributed by atoms with van der Waals surface area (Å²) < 4.78 is 0. The van der Waals surface area contributed by atoms with Gasteiger partial charge < -0.3 is 15.7 Å². The van der Waals surface area contributed by atoms with E-state index in [1.54, 1.807) is 0 Å². The number of rotatable bonds is 7. The molecule has 0 aliphatic carbocycles. The Bertz CT molecular complexity index is 3290. The van der Waals surface area contributed by atoms with Crippen molar-refractivity contribution in [1.82, 2.24) is 9.97 Å². The molecule has 2 aliphatic rings. The fourth-order valence-electron chi connectivity index (χ4n) is 9.66. The van der Waals surface area contributed by atoms with Crippen LogP contribution in [-0.2, 0) is 24.9 Å². The molecule has 6 nitrogen and oxygen atoms in total. The zero-order valence-electron chi connectivity index (χ0n) is 37.5. The normalized spacial score (nSPS) is 12.2. The first-order valence-electron chi connectivity index (χ1n) is 22.9. The number of nitrogens with zero attached hydrogens (tertiary/aromatic N) is 2. The van der Waals surface area contributed by atoms with Gasteiger partial charge in [0, 0.05) is 73.2 Å². The Kier molecular flexibility index (Phi) is 12.7. The molecule has 329 valence electrons. The first-order chi connectivity index (χ1) is 31.9. The van der Waals surface area contributed by atoms with Crippen molar-refractivity contribution >= 4 is 93.2 Å². The summed E-state index contributed by atoms with van der Waals surface area (Å²) >= 11 is 0. The summed E-state index contributed by atoms with van der Waals surface area (Å²) in [6.07, 6.45) is 8.72. The second-order valence-electron chi connectivity index (χ2n) is 17.0. The number of aliphatic hydroxyl groups excluding tert-OH is 1. The zero-order chi connectivity index (χ0) is 44.6. The number of ketones is 1. The van der Waals surface area contributed by atoms with Crippen LogP contribution in [0.3, 0.4) is 0 Å². The minimum absolute atomic E-state index is 0. The van der Waals surface area contributed by atoms with Crippen molar-refractivity contribution in [1.29, 1.82) is 0 Å². The van der Waals surface area contributed by atoms with E-state index < -0.39 is 0 Å². The summed E-state index contributed by atoms with van der Waals surface area (Å²) in [5, 5.41) is 31.4. The molecule has 0 saturated carbocycles. The molecule has 66 heavy (non-hydrogen) atoms. The van der Waals surface area contributed by atoms with E-state index in [2.05, 4.69) is 156 Å². The van der Waals surface area contributed by atoms with E-state index in [-0.39, 0.29) is 43.5 Å². The third-order valence-electron chi connectivity index (χ3n) is 13.2. The van der Waals surface area contributed by atoms with E-state index in [1.807, 2.05) is 40.1 Å². The van der Waals surface area contributed by atoms with Crippen molar-refractivity contribution in [3.8, 4) is 22.5 Å². The zero-order valence-corrected chi connectivity index (χ0v) is 39.9. The summed E-state index contributed by atoms with van der Waals surface area (Å²) in [7, 11) is 0. The van der Waals surface area contributed by atoms with Gasteiger partial charge in [0.05, 0.1) is 5.76 Å². The van der Waals surface area contributed by atoms with E-state index in [4.69, 9.17) is 9.97 Å². The molecule has 2 aromatic heterocycles. The van der Waals surface area contributed by atoms with Gasteiger partial charge in [0.1, 0.15) is 0 Å².